The number of nitrogen functional groups attached to an aromatic ring is 1. The molecule has 0 unspecified atom stereocenters. The Morgan fingerprint density at radius 2 is 1.24 bits per heavy atom. The van der Waals surface area contributed by atoms with Gasteiger partial charge in [-0.05, 0) is 0 Å². The minimum absolute atomic E-state index is 0.359. The van der Waals surface area contributed by atoms with Crippen molar-refractivity contribution in [2.24, 2.45) is 0 Å². The molecular formula is C14H9INO9-. The molecule has 11 heteroatoms. The number of nitrogens with two attached hydrogens (primary N) is 1. The zero-order chi connectivity index (χ0) is 18.5. The normalized spacial score (nSPS) is 13.9. The summed E-state index contributed by atoms with van der Waals surface area (Å²) < 4.78 is 9.60. The van der Waals surface area contributed by atoms with Crippen LogP contribution in [0.5, 0.6) is 28.7 Å². The van der Waals surface area contributed by atoms with Crippen LogP contribution in [0.1, 0.15) is 20.7 Å². The molecule has 1 aliphatic rings. The zero-order valence-electron chi connectivity index (χ0n) is 12.0. The van der Waals surface area contributed by atoms with Gasteiger partial charge in [-0.3, -0.25) is 0 Å². The third-order valence-electron chi connectivity index (χ3n) is 3.45. The van der Waals surface area contributed by atoms with Crippen molar-refractivity contribution in [1.29, 1.82) is 0 Å². The van der Waals surface area contributed by atoms with E-state index in [-0.39, 0.29) is 11.3 Å². The number of phenolic OH excluding ortho intramolecular Hbond substituents is 5. The Kier molecular flexibility index (Phi) is 3.87. The van der Waals surface area contributed by atoms with Crippen LogP contribution in [0.2, 0.25) is 0 Å². The molecular weight excluding hydrogens is 453 g/mol. The van der Waals surface area contributed by atoms with E-state index in [1.165, 1.54) is 0 Å². The predicted molar refractivity (Wildman–Crippen MR) is 75.4 cm³/mol. The zero-order valence-corrected chi connectivity index (χ0v) is 14.1. The van der Waals surface area contributed by atoms with Gasteiger partial charge in [-0.1, -0.05) is 0 Å². The van der Waals surface area contributed by atoms with E-state index in [4.69, 9.17) is 11.9 Å². The number of benzene rings is 2. The number of anilines is 1. The van der Waals surface area contributed by atoms with Gasteiger partial charge in [0, 0.05) is 0 Å². The van der Waals surface area contributed by atoms with Gasteiger partial charge in [0.15, 0.2) is 0 Å². The molecule has 2 aromatic carbocycles. The molecule has 0 fully saturated rings. The van der Waals surface area contributed by atoms with Crippen LogP contribution in [-0.2, 0) is 6.13 Å². The SMILES string of the molecule is Nc1cc2c(c(O)c1O)-c1c(cc(O)c(O)c1O)C(=O)O[I-]OC2=O. The summed E-state index contributed by atoms with van der Waals surface area (Å²) in [5.41, 5.74) is 3.26. The average Bonchev–Trinajstić information content (AvgIpc) is 2.61. The van der Waals surface area contributed by atoms with Gasteiger partial charge >= 0.3 is 150 Å². The number of hydrogen-bond acceptors (Lipinski definition) is 10. The standard InChI is InChI=1S/C14H9INO9/c16-5-1-3-7(11(20)9(5)18)8-4(2-6(17)10(19)12(8)21)14(23)25-15-24-13(3)22/h1-2,17-21H,16H2/q-1. The van der Waals surface area contributed by atoms with Crippen LogP contribution in [0.25, 0.3) is 11.1 Å². The topological polar surface area (TPSA) is 180 Å². The van der Waals surface area contributed by atoms with Crippen LogP contribution in [0, 0.1) is 0 Å². The Morgan fingerprint density at radius 3 is 1.80 bits per heavy atom. The van der Waals surface area contributed by atoms with Gasteiger partial charge in [0.1, 0.15) is 0 Å². The number of rotatable bonds is 0. The fraction of sp³-hybridized carbons (Fsp3) is 0. The van der Waals surface area contributed by atoms with Gasteiger partial charge in [-0.2, -0.15) is 0 Å². The molecule has 132 valence electrons. The average molecular weight is 462 g/mol. The first-order valence-corrected chi connectivity index (χ1v) is 8.20. The van der Waals surface area contributed by atoms with E-state index in [0.717, 1.165) is 12.1 Å². The minimum atomic E-state index is -1.85. The van der Waals surface area contributed by atoms with Crippen LogP contribution in [0.15, 0.2) is 12.1 Å². The summed E-state index contributed by atoms with van der Waals surface area (Å²) in [6.45, 7) is 0. The molecule has 0 amide bonds. The molecule has 0 atom stereocenters. The van der Waals surface area contributed by atoms with E-state index < -0.39 is 79.4 Å². The maximum atomic E-state index is 12.2. The molecule has 0 saturated carbocycles. The van der Waals surface area contributed by atoms with Crippen molar-refractivity contribution in [2.45, 2.75) is 0 Å². The Bertz CT molecular complexity index is 865. The van der Waals surface area contributed by atoms with Crippen molar-refractivity contribution in [2.75, 3.05) is 5.73 Å². The number of fused-ring (bicyclic) bond motifs is 3. The Hall–Kier alpha value is -3.09. The van der Waals surface area contributed by atoms with Crippen LogP contribution in [0.4, 0.5) is 5.69 Å². The number of aromatic hydroxyl groups is 5. The summed E-state index contributed by atoms with van der Waals surface area (Å²) in [7, 11) is 0. The second-order valence-electron chi connectivity index (χ2n) is 4.89. The van der Waals surface area contributed by atoms with Gasteiger partial charge < -0.3 is 0 Å². The summed E-state index contributed by atoms with van der Waals surface area (Å²) in [6.07, 6.45) is 0. The molecule has 0 aromatic heterocycles. The van der Waals surface area contributed by atoms with Crippen molar-refractivity contribution in [1.82, 2.24) is 0 Å². The van der Waals surface area contributed by atoms with Crippen molar-refractivity contribution in [3.05, 3.63) is 23.3 Å². The number of carbonyl (C=O) groups excluding carboxylic acids is 2. The molecule has 2 aromatic rings. The molecule has 3 rings (SSSR count). The summed E-state index contributed by atoms with van der Waals surface area (Å²) in [6, 6.07) is 1.75. The van der Waals surface area contributed by atoms with E-state index in [2.05, 4.69) is 0 Å². The van der Waals surface area contributed by atoms with Crippen molar-refractivity contribution in [3.8, 4) is 39.9 Å². The van der Waals surface area contributed by atoms with E-state index in [1.54, 1.807) is 0 Å². The fourth-order valence-electron chi connectivity index (χ4n) is 2.31. The first-order valence-electron chi connectivity index (χ1n) is 6.44. The first-order chi connectivity index (χ1) is 11.7. The number of hydrogen-bond donors (Lipinski definition) is 6. The van der Waals surface area contributed by atoms with Crippen molar-refractivity contribution >= 4 is 17.6 Å². The van der Waals surface area contributed by atoms with Crippen molar-refractivity contribution < 1.29 is 63.3 Å². The van der Waals surface area contributed by atoms with Gasteiger partial charge in [0.25, 0.3) is 0 Å². The molecule has 1 heterocycles. The molecule has 0 radical (unpaired) electrons. The quantitative estimate of drug-likeness (QED) is 0.142. The van der Waals surface area contributed by atoms with E-state index in [9.17, 15) is 35.1 Å². The van der Waals surface area contributed by atoms with Crippen LogP contribution >= 0.6 is 0 Å². The Labute approximate surface area is 150 Å². The van der Waals surface area contributed by atoms with E-state index in [1.807, 2.05) is 0 Å². The molecule has 0 saturated heterocycles. The summed E-state index contributed by atoms with van der Waals surface area (Å²) in [4.78, 5) is 24.3. The number of phenols is 5. The molecule has 10 nitrogen and oxygen atoms in total. The molecule has 0 aliphatic carbocycles. The molecule has 7 N–H and O–H groups in total. The van der Waals surface area contributed by atoms with E-state index >= 15 is 0 Å². The summed E-state index contributed by atoms with van der Waals surface area (Å²) in [5.74, 6) is -6.70. The maximum absolute atomic E-state index is 12.2. The molecule has 25 heavy (non-hydrogen) atoms. The molecule has 1 aliphatic heterocycles. The van der Waals surface area contributed by atoms with Gasteiger partial charge in [0.05, 0.1) is 0 Å². The van der Waals surface area contributed by atoms with E-state index in [0.29, 0.717) is 0 Å². The third-order valence-corrected chi connectivity index (χ3v) is 4.61. The monoisotopic (exact) mass is 462 g/mol. The number of halogens is 1. The van der Waals surface area contributed by atoms with Crippen molar-refractivity contribution in [3.63, 3.8) is 0 Å². The third kappa shape index (κ3) is 2.48. The van der Waals surface area contributed by atoms with Gasteiger partial charge in [-0.15, -0.1) is 0 Å². The van der Waals surface area contributed by atoms with Crippen LogP contribution in [-0.4, -0.2) is 37.5 Å². The van der Waals surface area contributed by atoms with Gasteiger partial charge in [0.2, 0.25) is 0 Å². The second kappa shape index (κ2) is 5.77. The Morgan fingerprint density at radius 1 is 0.760 bits per heavy atom. The Balaban J connectivity index is 2.53. The summed E-state index contributed by atoms with van der Waals surface area (Å²) >= 11 is -1.85. The summed E-state index contributed by atoms with van der Waals surface area (Å²) in [5, 5.41) is 49.7. The number of carbonyl (C=O) groups is 2. The first kappa shape index (κ1) is 16.8. The van der Waals surface area contributed by atoms with Gasteiger partial charge in [-0.25, -0.2) is 0 Å². The van der Waals surface area contributed by atoms with Crippen LogP contribution < -0.4 is 27.8 Å². The molecule has 0 bridgehead atoms. The second-order valence-corrected chi connectivity index (χ2v) is 6.13. The fourth-order valence-corrected chi connectivity index (χ4v) is 3.20. The molecule has 0 spiro atoms. The predicted octanol–water partition coefficient (Wildman–Crippen LogP) is -2.29. The van der Waals surface area contributed by atoms with Crippen LogP contribution in [0.3, 0.4) is 0 Å².